The van der Waals surface area contributed by atoms with Gasteiger partial charge in [0.15, 0.2) is 0 Å². The molecule has 0 aliphatic heterocycles. The number of pyridine rings is 1. The van der Waals surface area contributed by atoms with Crippen LogP contribution in [0.1, 0.15) is 47.1 Å². The van der Waals surface area contributed by atoms with E-state index in [1.54, 1.807) is 18.5 Å². The van der Waals surface area contributed by atoms with E-state index < -0.39 is 29.8 Å². The third-order valence-corrected chi connectivity index (χ3v) is 6.14. The highest BCUT2D eigenvalue weighted by Gasteiger charge is 2.48. The maximum absolute atomic E-state index is 12.9. The number of alkyl halides is 3. The number of aromatic nitrogens is 4. The van der Waals surface area contributed by atoms with E-state index in [1.165, 1.54) is 12.1 Å². The van der Waals surface area contributed by atoms with Gasteiger partial charge in [0.2, 0.25) is 0 Å². The van der Waals surface area contributed by atoms with Crippen LogP contribution in [-0.2, 0) is 19.0 Å². The first kappa shape index (κ1) is 23.5. The van der Waals surface area contributed by atoms with E-state index in [4.69, 9.17) is 0 Å². The van der Waals surface area contributed by atoms with Crippen molar-refractivity contribution < 1.29 is 18.0 Å². The van der Waals surface area contributed by atoms with Crippen molar-refractivity contribution in [1.82, 2.24) is 19.3 Å². The zero-order chi connectivity index (χ0) is 24.7. The summed E-state index contributed by atoms with van der Waals surface area (Å²) >= 11 is 0. The molecule has 1 aliphatic carbocycles. The van der Waals surface area contributed by atoms with Crippen LogP contribution in [0.15, 0.2) is 54.2 Å². The standard InChI is InChI=1S/C24H24F3N5O2/c1-4-16-8-19(21(34)32(12-16)13-24(25,26)27)20(33)29-18-7-5-6-17(9-18)23(10-15(2)11-23)22-30-28-14-31(22)3/h4-9,12,14-15H,1,10-11,13H2,2-3H3,(H,29,33). The molecule has 178 valence electrons. The molecule has 0 radical (unpaired) electrons. The molecule has 1 saturated carbocycles. The van der Waals surface area contributed by atoms with E-state index in [1.807, 2.05) is 23.7 Å². The van der Waals surface area contributed by atoms with Gasteiger partial charge < -0.3 is 14.5 Å². The number of nitrogens with zero attached hydrogens (tertiary/aromatic N) is 4. The lowest BCUT2D eigenvalue weighted by atomic mass is 9.58. The monoisotopic (exact) mass is 471 g/mol. The van der Waals surface area contributed by atoms with Gasteiger partial charge in [-0.05, 0) is 48.1 Å². The van der Waals surface area contributed by atoms with Crippen LogP contribution in [0.25, 0.3) is 6.08 Å². The molecule has 4 rings (SSSR count). The third-order valence-electron chi connectivity index (χ3n) is 6.14. The Kier molecular flexibility index (Phi) is 5.93. The SMILES string of the molecule is C=Cc1cc(C(=O)Nc2cccc(C3(c4nncn4C)CC(C)C3)c2)c(=O)n(CC(F)(F)F)c1. The summed E-state index contributed by atoms with van der Waals surface area (Å²) in [5.41, 5.74) is -0.184. The van der Waals surface area contributed by atoms with Crippen molar-refractivity contribution in [2.75, 3.05) is 5.32 Å². The van der Waals surface area contributed by atoms with Crippen molar-refractivity contribution in [3.05, 3.63) is 82.3 Å². The zero-order valence-corrected chi connectivity index (χ0v) is 18.8. The molecule has 0 atom stereocenters. The van der Waals surface area contributed by atoms with Crippen LogP contribution in [-0.4, -0.2) is 31.4 Å². The molecule has 1 amide bonds. The van der Waals surface area contributed by atoms with E-state index in [9.17, 15) is 22.8 Å². The van der Waals surface area contributed by atoms with Crippen LogP contribution in [0.2, 0.25) is 0 Å². The fourth-order valence-electron chi connectivity index (χ4n) is 4.73. The minimum Gasteiger partial charge on any atom is -0.322 e. The van der Waals surface area contributed by atoms with Crippen LogP contribution in [0.5, 0.6) is 0 Å². The molecule has 1 aliphatic rings. The van der Waals surface area contributed by atoms with Crippen LogP contribution >= 0.6 is 0 Å². The highest BCUT2D eigenvalue weighted by molar-refractivity contribution is 6.04. The average molecular weight is 471 g/mol. The van der Waals surface area contributed by atoms with Gasteiger partial charge in [-0.25, -0.2) is 0 Å². The molecule has 2 heterocycles. The highest BCUT2D eigenvalue weighted by atomic mass is 19.4. The van der Waals surface area contributed by atoms with Gasteiger partial charge in [0.1, 0.15) is 24.3 Å². The molecular weight excluding hydrogens is 447 g/mol. The number of carbonyl (C=O) groups excluding carboxylic acids is 1. The van der Waals surface area contributed by atoms with Crippen molar-refractivity contribution in [2.45, 2.75) is 37.9 Å². The van der Waals surface area contributed by atoms with Gasteiger partial charge in [0, 0.05) is 18.9 Å². The van der Waals surface area contributed by atoms with Crippen molar-refractivity contribution >= 4 is 17.7 Å². The summed E-state index contributed by atoms with van der Waals surface area (Å²) in [6, 6.07) is 8.44. The minimum absolute atomic E-state index is 0.229. The minimum atomic E-state index is -4.61. The van der Waals surface area contributed by atoms with Gasteiger partial charge in [0.25, 0.3) is 11.5 Å². The summed E-state index contributed by atoms with van der Waals surface area (Å²) in [5.74, 6) is 0.517. The maximum atomic E-state index is 12.9. The van der Waals surface area contributed by atoms with E-state index in [2.05, 4.69) is 29.0 Å². The van der Waals surface area contributed by atoms with Gasteiger partial charge >= 0.3 is 6.18 Å². The number of anilines is 1. The maximum Gasteiger partial charge on any atom is 0.406 e. The fourth-order valence-corrected chi connectivity index (χ4v) is 4.73. The molecule has 10 heteroatoms. The van der Waals surface area contributed by atoms with E-state index in [0.29, 0.717) is 16.2 Å². The molecule has 34 heavy (non-hydrogen) atoms. The van der Waals surface area contributed by atoms with Crippen LogP contribution in [0.4, 0.5) is 18.9 Å². The number of hydrogen-bond acceptors (Lipinski definition) is 4. The van der Waals surface area contributed by atoms with Gasteiger partial charge in [0.05, 0.1) is 5.41 Å². The molecule has 1 fully saturated rings. The second-order valence-corrected chi connectivity index (χ2v) is 8.84. The zero-order valence-electron chi connectivity index (χ0n) is 18.8. The summed E-state index contributed by atoms with van der Waals surface area (Å²) in [7, 11) is 1.88. The Morgan fingerprint density at radius 1 is 1.32 bits per heavy atom. The molecule has 7 nitrogen and oxygen atoms in total. The summed E-state index contributed by atoms with van der Waals surface area (Å²) in [4.78, 5) is 25.5. The van der Waals surface area contributed by atoms with Gasteiger partial charge in [-0.15, -0.1) is 10.2 Å². The first-order valence-electron chi connectivity index (χ1n) is 10.7. The summed E-state index contributed by atoms with van der Waals surface area (Å²) in [5, 5.41) is 11.0. The van der Waals surface area contributed by atoms with Crippen LogP contribution < -0.4 is 10.9 Å². The Morgan fingerprint density at radius 2 is 2.06 bits per heavy atom. The number of carbonyl (C=O) groups is 1. The van der Waals surface area contributed by atoms with Crippen molar-refractivity contribution in [2.24, 2.45) is 13.0 Å². The van der Waals surface area contributed by atoms with E-state index >= 15 is 0 Å². The second-order valence-electron chi connectivity index (χ2n) is 8.84. The Labute approximate surface area is 193 Å². The molecule has 1 aromatic carbocycles. The normalized spacial score (nSPS) is 20.0. The number of nitrogens with one attached hydrogen (secondary N) is 1. The first-order valence-corrected chi connectivity index (χ1v) is 10.7. The predicted molar refractivity (Wildman–Crippen MR) is 121 cm³/mol. The highest BCUT2D eigenvalue weighted by Crippen LogP contribution is 2.51. The number of halogens is 3. The lowest BCUT2D eigenvalue weighted by Crippen LogP contribution is -2.43. The van der Waals surface area contributed by atoms with Gasteiger partial charge in [-0.1, -0.05) is 31.7 Å². The molecule has 0 bridgehead atoms. The van der Waals surface area contributed by atoms with Crippen molar-refractivity contribution in [3.63, 3.8) is 0 Å². The lowest BCUT2D eigenvalue weighted by Gasteiger charge is -2.46. The quantitative estimate of drug-likeness (QED) is 0.586. The first-order chi connectivity index (χ1) is 16.0. The van der Waals surface area contributed by atoms with E-state index in [-0.39, 0.29) is 11.0 Å². The molecule has 0 saturated heterocycles. The lowest BCUT2D eigenvalue weighted by molar-refractivity contribution is -0.141. The van der Waals surface area contributed by atoms with Crippen molar-refractivity contribution in [3.8, 4) is 0 Å². The Hall–Kier alpha value is -3.69. The average Bonchev–Trinajstić information content (AvgIpc) is 3.17. The number of amides is 1. The molecular formula is C24H24F3N5O2. The predicted octanol–water partition coefficient (Wildman–Crippen LogP) is 4.15. The van der Waals surface area contributed by atoms with E-state index in [0.717, 1.165) is 30.4 Å². The Balaban J connectivity index is 1.66. The van der Waals surface area contributed by atoms with Gasteiger partial charge in [-0.3, -0.25) is 9.59 Å². The topological polar surface area (TPSA) is 81.8 Å². The molecule has 3 aromatic rings. The Bertz CT molecular complexity index is 1300. The molecule has 0 spiro atoms. The third kappa shape index (κ3) is 4.40. The molecule has 2 aromatic heterocycles. The second kappa shape index (κ2) is 8.58. The number of hydrogen-bond donors (Lipinski definition) is 1. The van der Waals surface area contributed by atoms with Crippen LogP contribution in [0, 0.1) is 5.92 Å². The summed E-state index contributed by atoms with van der Waals surface area (Å²) in [6.07, 6.45) is 1.07. The fraction of sp³-hybridized carbons (Fsp3) is 0.333. The largest absolute Gasteiger partial charge is 0.406 e. The molecule has 0 unspecified atom stereocenters. The Morgan fingerprint density at radius 3 is 2.65 bits per heavy atom. The number of rotatable bonds is 6. The summed E-state index contributed by atoms with van der Waals surface area (Å²) < 4.78 is 41.1. The summed E-state index contributed by atoms with van der Waals surface area (Å²) in [6.45, 7) is 4.19. The smallest absolute Gasteiger partial charge is 0.322 e. The molecule has 1 N–H and O–H groups in total. The van der Waals surface area contributed by atoms with Crippen molar-refractivity contribution in [1.29, 1.82) is 0 Å². The van der Waals surface area contributed by atoms with Crippen LogP contribution in [0.3, 0.4) is 0 Å². The number of aryl methyl sites for hydroxylation is 1. The number of benzene rings is 1. The van der Waals surface area contributed by atoms with Gasteiger partial charge in [-0.2, -0.15) is 13.2 Å².